The van der Waals surface area contributed by atoms with Gasteiger partial charge in [-0.3, -0.25) is 0 Å². The molecule has 0 heterocycles. The van der Waals surface area contributed by atoms with Gasteiger partial charge in [-0.1, -0.05) is 72.8 Å². The van der Waals surface area contributed by atoms with Gasteiger partial charge in [0.05, 0.1) is 0 Å². The number of phenols is 1. The van der Waals surface area contributed by atoms with Gasteiger partial charge in [-0.2, -0.15) is 0 Å². The topological polar surface area (TPSA) is 20.2 Å². The van der Waals surface area contributed by atoms with Crippen LogP contribution in [0.4, 0.5) is 0 Å². The van der Waals surface area contributed by atoms with Gasteiger partial charge in [-0.15, -0.1) is 0 Å². The summed E-state index contributed by atoms with van der Waals surface area (Å²) in [6.45, 7) is 0. The summed E-state index contributed by atoms with van der Waals surface area (Å²) in [6, 6.07) is 27.1. The zero-order valence-corrected chi connectivity index (χ0v) is 12.5. The zero-order chi connectivity index (χ0) is 15.4. The Labute approximate surface area is 133 Å². The summed E-state index contributed by atoms with van der Waals surface area (Å²) < 4.78 is 0. The van der Waals surface area contributed by atoms with Crippen LogP contribution in [0.25, 0.3) is 43.1 Å². The minimum Gasteiger partial charge on any atom is -0.507 e. The van der Waals surface area contributed by atoms with Crippen LogP contribution < -0.4 is 0 Å². The monoisotopic (exact) mass is 294 g/mol. The van der Waals surface area contributed by atoms with Gasteiger partial charge < -0.3 is 5.11 Å². The van der Waals surface area contributed by atoms with Crippen LogP contribution in [-0.2, 0) is 0 Å². The molecule has 1 heteroatoms. The van der Waals surface area contributed by atoms with E-state index in [1.54, 1.807) is 6.07 Å². The maximum Gasteiger partial charge on any atom is 0.124 e. The molecule has 0 atom stereocenters. The Morgan fingerprint density at radius 3 is 1.96 bits per heavy atom. The fourth-order valence-corrected chi connectivity index (χ4v) is 3.67. The van der Waals surface area contributed by atoms with E-state index in [4.69, 9.17) is 0 Å². The Balaban J connectivity index is 2.05. The van der Waals surface area contributed by atoms with Crippen LogP contribution in [0.3, 0.4) is 0 Å². The zero-order valence-electron chi connectivity index (χ0n) is 12.5. The first-order valence-electron chi connectivity index (χ1n) is 7.78. The van der Waals surface area contributed by atoms with Crippen molar-refractivity contribution in [1.29, 1.82) is 0 Å². The van der Waals surface area contributed by atoms with E-state index >= 15 is 0 Å². The molecule has 0 saturated carbocycles. The summed E-state index contributed by atoms with van der Waals surface area (Å²) in [4.78, 5) is 0. The van der Waals surface area contributed by atoms with E-state index in [-0.39, 0.29) is 0 Å². The third kappa shape index (κ3) is 1.68. The van der Waals surface area contributed by atoms with E-state index < -0.39 is 0 Å². The van der Waals surface area contributed by atoms with Crippen LogP contribution in [0.2, 0.25) is 0 Å². The average Bonchev–Trinajstić information content (AvgIpc) is 2.61. The first kappa shape index (κ1) is 12.5. The Morgan fingerprint density at radius 2 is 1.04 bits per heavy atom. The van der Waals surface area contributed by atoms with Gasteiger partial charge in [-0.25, -0.2) is 0 Å². The lowest BCUT2D eigenvalue weighted by Gasteiger charge is -2.10. The van der Waals surface area contributed by atoms with E-state index in [0.29, 0.717) is 5.75 Å². The van der Waals surface area contributed by atoms with Crippen molar-refractivity contribution in [2.75, 3.05) is 0 Å². The second-order valence-electron chi connectivity index (χ2n) is 5.98. The fourth-order valence-electron chi connectivity index (χ4n) is 3.67. The van der Waals surface area contributed by atoms with Crippen molar-refractivity contribution < 1.29 is 5.11 Å². The van der Waals surface area contributed by atoms with Crippen LogP contribution in [0.15, 0.2) is 78.9 Å². The van der Waals surface area contributed by atoms with E-state index in [1.165, 1.54) is 26.9 Å². The molecule has 1 nitrogen and oxygen atoms in total. The molecule has 5 rings (SSSR count). The summed E-state index contributed by atoms with van der Waals surface area (Å²) in [5, 5.41) is 19.6. The van der Waals surface area contributed by atoms with Crippen molar-refractivity contribution in [2.24, 2.45) is 0 Å². The molecule has 0 saturated heterocycles. The smallest absolute Gasteiger partial charge is 0.124 e. The molecule has 0 radical (unpaired) electrons. The maximum atomic E-state index is 10.3. The van der Waals surface area contributed by atoms with Crippen LogP contribution in [-0.4, -0.2) is 5.11 Å². The van der Waals surface area contributed by atoms with Crippen molar-refractivity contribution in [3.63, 3.8) is 0 Å². The molecule has 0 fully saturated rings. The van der Waals surface area contributed by atoms with Gasteiger partial charge >= 0.3 is 0 Å². The van der Waals surface area contributed by atoms with Crippen LogP contribution >= 0.6 is 0 Å². The number of benzene rings is 5. The van der Waals surface area contributed by atoms with Crippen molar-refractivity contribution in [2.45, 2.75) is 0 Å². The van der Waals surface area contributed by atoms with E-state index in [0.717, 1.165) is 16.2 Å². The second kappa shape index (κ2) is 4.47. The van der Waals surface area contributed by atoms with Crippen LogP contribution in [0, 0.1) is 0 Å². The average molecular weight is 294 g/mol. The van der Waals surface area contributed by atoms with E-state index in [1.807, 2.05) is 12.1 Å². The highest BCUT2D eigenvalue weighted by atomic mass is 16.3. The Kier molecular flexibility index (Phi) is 2.42. The summed E-state index contributed by atoms with van der Waals surface area (Å²) in [5.41, 5.74) is 0. The maximum absolute atomic E-state index is 10.3. The SMILES string of the molecule is Oc1cccc2ccc3c4ccc5ccccc5c4ccc3c12. The van der Waals surface area contributed by atoms with Gasteiger partial charge in [0.25, 0.3) is 0 Å². The molecule has 5 aromatic rings. The van der Waals surface area contributed by atoms with Gasteiger partial charge in [0.2, 0.25) is 0 Å². The lowest BCUT2D eigenvalue weighted by atomic mass is 9.94. The standard InChI is InChI=1S/C22H14O/c23-21-7-3-5-15-9-11-19-18-10-8-14-4-1-2-6-16(14)17(18)12-13-20(19)22(15)21/h1-13,23H. The minimum atomic E-state index is 0.341. The quantitative estimate of drug-likeness (QED) is 0.347. The van der Waals surface area contributed by atoms with Gasteiger partial charge in [0.1, 0.15) is 5.75 Å². The predicted octanol–water partition coefficient (Wildman–Crippen LogP) is 6.01. The Morgan fingerprint density at radius 1 is 0.435 bits per heavy atom. The Hall–Kier alpha value is -3.06. The Bertz CT molecular complexity index is 1220. The number of hydrogen-bond donors (Lipinski definition) is 1. The van der Waals surface area contributed by atoms with E-state index in [2.05, 4.69) is 60.7 Å². The first-order chi connectivity index (χ1) is 11.3. The van der Waals surface area contributed by atoms with Gasteiger partial charge in [0, 0.05) is 5.39 Å². The molecular weight excluding hydrogens is 280 g/mol. The van der Waals surface area contributed by atoms with Crippen LogP contribution in [0.1, 0.15) is 0 Å². The molecule has 23 heavy (non-hydrogen) atoms. The summed E-state index contributed by atoms with van der Waals surface area (Å²) >= 11 is 0. The van der Waals surface area contributed by atoms with Gasteiger partial charge in [0.15, 0.2) is 0 Å². The number of hydrogen-bond acceptors (Lipinski definition) is 1. The molecule has 0 spiro atoms. The normalized spacial score (nSPS) is 11.7. The van der Waals surface area contributed by atoms with E-state index in [9.17, 15) is 5.11 Å². The van der Waals surface area contributed by atoms with Crippen molar-refractivity contribution in [3.8, 4) is 5.75 Å². The van der Waals surface area contributed by atoms with Crippen molar-refractivity contribution in [3.05, 3.63) is 78.9 Å². The summed E-state index contributed by atoms with van der Waals surface area (Å²) in [6.07, 6.45) is 0. The molecule has 0 aliphatic carbocycles. The summed E-state index contributed by atoms with van der Waals surface area (Å²) in [7, 11) is 0. The lowest BCUT2D eigenvalue weighted by Crippen LogP contribution is -1.83. The summed E-state index contributed by atoms with van der Waals surface area (Å²) in [5.74, 6) is 0.341. The highest BCUT2D eigenvalue weighted by Crippen LogP contribution is 2.37. The van der Waals surface area contributed by atoms with Crippen molar-refractivity contribution >= 4 is 43.1 Å². The third-order valence-electron chi connectivity index (χ3n) is 4.74. The molecular formula is C22H14O. The van der Waals surface area contributed by atoms with Gasteiger partial charge in [-0.05, 0) is 43.8 Å². The molecule has 0 unspecified atom stereocenters. The number of phenolic OH excluding ortho intramolecular Hbond substituents is 1. The predicted molar refractivity (Wildman–Crippen MR) is 98.1 cm³/mol. The molecule has 0 amide bonds. The molecule has 0 aliphatic heterocycles. The van der Waals surface area contributed by atoms with Crippen molar-refractivity contribution in [1.82, 2.24) is 0 Å². The largest absolute Gasteiger partial charge is 0.507 e. The highest BCUT2D eigenvalue weighted by Gasteiger charge is 2.09. The molecule has 0 aromatic heterocycles. The molecule has 1 N–H and O–H groups in total. The number of rotatable bonds is 0. The third-order valence-corrected chi connectivity index (χ3v) is 4.74. The minimum absolute atomic E-state index is 0.341. The van der Waals surface area contributed by atoms with Crippen LogP contribution in [0.5, 0.6) is 5.75 Å². The molecule has 0 aliphatic rings. The fraction of sp³-hybridized carbons (Fsp3) is 0. The first-order valence-corrected chi connectivity index (χ1v) is 7.78. The lowest BCUT2D eigenvalue weighted by molar-refractivity contribution is 0.482. The molecule has 5 aromatic carbocycles. The number of fused-ring (bicyclic) bond motifs is 7. The highest BCUT2D eigenvalue weighted by molar-refractivity contribution is 6.22. The molecule has 108 valence electrons. The molecule has 0 bridgehead atoms. The second-order valence-corrected chi connectivity index (χ2v) is 5.98. The number of aromatic hydroxyl groups is 1.